The number of imide groups is 1. The normalized spacial score (nSPS) is 21.5. The van der Waals surface area contributed by atoms with E-state index in [0.717, 1.165) is 44.5 Å². The predicted octanol–water partition coefficient (Wildman–Crippen LogP) is 9.63. The van der Waals surface area contributed by atoms with Crippen LogP contribution in [0.5, 0.6) is 0 Å². The molecule has 63 heavy (non-hydrogen) atoms. The van der Waals surface area contributed by atoms with Crippen molar-refractivity contribution in [2.75, 3.05) is 36.8 Å². The Hall–Kier alpha value is -3.48. The van der Waals surface area contributed by atoms with Gasteiger partial charge >= 0.3 is 0 Å². The molecule has 0 spiro atoms. The van der Waals surface area contributed by atoms with Crippen LogP contribution in [0.1, 0.15) is 147 Å². The number of Topliss-reactive ketones (excluding diaryl/α,β-unsaturated/α-hetero) is 2. The van der Waals surface area contributed by atoms with E-state index in [-0.39, 0.29) is 41.7 Å². The Morgan fingerprint density at radius 2 is 1.65 bits per heavy atom. The van der Waals surface area contributed by atoms with Gasteiger partial charge in [0.25, 0.3) is 5.91 Å². The Balaban J connectivity index is 0.976. The van der Waals surface area contributed by atoms with Crippen LogP contribution in [0.25, 0.3) is 0 Å². The average molecular weight is 1090 g/mol. The van der Waals surface area contributed by atoms with Crippen molar-refractivity contribution in [2.45, 2.75) is 115 Å². The quantitative estimate of drug-likeness (QED) is 0.0475. The molecular formula is C49H62FI2N5O6. The number of hydrogen-bond donors (Lipinski definition) is 4. The summed E-state index contributed by atoms with van der Waals surface area (Å²) in [6.07, 6.45) is 8.51. The van der Waals surface area contributed by atoms with Crippen molar-refractivity contribution >= 4 is 87.5 Å². The number of halogens is 3. The van der Waals surface area contributed by atoms with Gasteiger partial charge in [0.15, 0.2) is 15.2 Å². The molecule has 14 heteroatoms. The molecule has 2 aliphatic heterocycles. The number of aryl methyl sites for hydroxylation is 1. The molecule has 11 nitrogen and oxygen atoms in total. The number of anilines is 2. The Morgan fingerprint density at radius 1 is 0.952 bits per heavy atom. The Kier molecular flexibility index (Phi) is 16.5. The number of nitrogens with one attached hydrogen (secondary N) is 3. The third-order valence-corrected chi connectivity index (χ3v) is 16.9. The zero-order valence-electron chi connectivity index (χ0n) is 37.3. The summed E-state index contributed by atoms with van der Waals surface area (Å²) in [5, 5.41) is 19.9. The van der Waals surface area contributed by atoms with Crippen LogP contribution in [-0.4, -0.2) is 74.0 Å². The van der Waals surface area contributed by atoms with Gasteiger partial charge in [-0.3, -0.25) is 29.3 Å². The maximum Gasteiger partial charge on any atom is 0.274 e. The van der Waals surface area contributed by atoms with Crippen molar-refractivity contribution in [3.8, 4) is 0 Å². The third kappa shape index (κ3) is 13.1. The summed E-state index contributed by atoms with van der Waals surface area (Å²) >= 11 is 1.21. The molecule has 3 aliphatic rings. The highest BCUT2D eigenvalue weighted by molar-refractivity contribution is 14.2. The molecule has 4 N–H and O–H groups in total. The molecular weight excluding hydrogens is 1030 g/mol. The maximum absolute atomic E-state index is 14.6. The first-order valence-electron chi connectivity index (χ1n) is 22.3. The molecule has 0 radical (unpaired) electrons. The zero-order valence-corrected chi connectivity index (χ0v) is 41.7. The topological polar surface area (TPSA) is 158 Å². The van der Waals surface area contributed by atoms with E-state index in [2.05, 4.69) is 45.7 Å². The smallest absolute Gasteiger partial charge is 0.274 e. The molecule has 3 amide bonds. The van der Waals surface area contributed by atoms with E-state index < -0.39 is 47.7 Å². The maximum atomic E-state index is 14.6. The number of ketones is 2. The first-order chi connectivity index (χ1) is 29.8. The van der Waals surface area contributed by atoms with Crippen LogP contribution < -0.4 is 16.0 Å². The number of nitrogens with zero attached hydrogens (tertiary/aromatic N) is 2. The summed E-state index contributed by atoms with van der Waals surface area (Å²) in [6, 6.07) is 14.0. The van der Waals surface area contributed by atoms with Crippen molar-refractivity contribution in [3.05, 3.63) is 85.7 Å². The molecule has 340 valence electrons. The van der Waals surface area contributed by atoms with Gasteiger partial charge in [0.1, 0.15) is 5.69 Å². The highest BCUT2D eigenvalue weighted by atomic mass is 127. The molecule has 2 saturated heterocycles. The average Bonchev–Trinajstić information content (AvgIpc) is 3.22. The van der Waals surface area contributed by atoms with Crippen molar-refractivity contribution in [1.82, 2.24) is 15.2 Å². The van der Waals surface area contributed by atoms with E-state index in [1.807, 2.05) is 12.1 Å². The van der Waals surface area contributed by atoms with E-state index in [1.54, 1.807) is 70.3 Å². The molecule has 0 bridgehead atoms. The number of aliphatic hydroxyl groups is 1. The number of hydrogen-bond acceptors (Lipinski definition) is 9. The van der Waals surface area contributed by atoms with Gasteiger partial charge in [-0.05, 0) is 186 Å². The van der Waals surface area contributed by atoms with E-state index >= 15 is 0 Å². The fraction of sp³-hybridized carbons (Fsp3) is 0.531. The molecule has 1 aromatic heterocycles. The van der Waals surface area contributed by atoms with E-state index in [9.17, 15) is 33.5 Å². The van der Waals surface area contributed by atoms with Gasteiger partial charge in [-0.25, -0.2) is 9.37 Å². The number of carbonyl (C=O) groups is 5. The molecule has 1 aliphatic carbocycles. The van der Waals surface area contributed by atoms with Crippen LogP contribution >= 0.6 is 43.3 Å². The lowest BCUT2D eigenvalue weighted by atomic mass is 9.80. The SMILES string of the molecule is CC(=O)c1cccc(NCCC2CCN(CC3CCC(C(C)=Ic4cc(C(C)(C)O)c(NC(=O)c5cccc(C(C)(F)I)n5)cc4C)CC3)CC2)c1C(=O)CC1CCC(=O)NC1=O. The largest absolute Gasteiger partial charge is 0.386 e. The molecule has 2 unspecified atom stereocenters. The fourth-order valence-electron chi connectivity index (χ4n) is 9.15. The van der Waals surface area contributed by atoms with Crippen molar-refractivity contribution in [1.29, 1.82) is 0 Å². The van der Waals surface area contributed by atoms with Gasteiger partial charge in [-0.2, -0.15) is 0 Å². The zero-order chi connectivity index (χ0) is 45.6. The second-order valence-electron chi connectivity index (χ2n) is 18.4. The minimum Gasteiger partial charge on any atom is -0.386 e. The van der Waals surface area contributed by atoms with E-state index in [0.29, 0.717) is 58.8 Å². The van der Waals surface area contributed by atoms with Crippen molar-refractivity contribution < 1.29 is 33.5 Å². The lowest BCUT2D eigenvalue weighted by molar-refractivity contribution is -0.136. The van der Waals surface area contributed by atoms with Crippen LogP contribution in [0.15, 0.2) is 48.5 Å². The lowest BCUT2D eigenvalue weighted by Crippen LogP contribution is -2.41. The summed E-state index contributed by atoms with van der Waals surface area (Å²) in [7, 11) is 0. The Morgan fingerprint density at radius 3 is 2.30 bits per heavy atom. The summed E-state index contributed by atoms with van der Waals surface area (Å²) in [6.45, 7) is 14.6. The van der Waals surface area contributed by atoms with Gasteiger partial charge in [0.05, 0.1) is 16.9 Å². The highest BCUT2D eigenvalue weighted by Crippen LogP contribution is 2.38. The number of rotatable bonds is 16. The number of benzene rings is 2. The van der Waals surface area contributed by atoms with Crippen LogP contribution in [0.2, 0.25) is 0 Å². The van der Waals surface area contributed by atoms with Crippen LogP contribution in [0, 0.1) is 34.2 Å². The number of piperidine rings is 2. The summed E-state index contributed by atoms with van der Waals surface area (Å²) in [4.78, 5) is 70.3. The molecule has 2 aromatic carbocycles. The molecule has 1 saturated carbocycles. The number of likely N-dealkylation sites (tertiary alicyclic amines) is 1. The van der Waals surface area contributed by atoms with Gasteiger partial charge in [0.2, 0.25) is 11.8 Å². The second kappa shape index (κ2) is 21.2. The number of aromatic nitrogens is 1. The summed E-state index contributed by atoms with van der Waals surface area (Å²) in [5.74, 6) is -0.406. The van der Waals surface area contributed by atoms with Crippen molar-refractivity contribution in [2.24, 2.45) is 23.7 Å². The first kappa shape index (κ1) is 49.0. The standard InChI is InChI=1S/C49H62FI2N5O6/c1-29-25-41(55-47(62)40-11-8-12-43(54-40)49(6,50)51)37(48(4,5)63)27-38(29)52-30(2)34-15-13-33(14-16-34)28-57-23-20-32(21-24-57)19-22-53-39-10-7-9-36(31(3)58)45(39)42(59)26-35-17-18-44(60)56-46(35)61/h7-12,25,27,32-35,53,63H,13-24,26,28H2,1-6H3,(H,55,62)(H,56,60,61). The summed E-state index contributed by atoms with van der Waals surface area (Å²) in [5.41, 5.74) is 2.66. The molecule has 3 heterocycles. The molecule has 3 aromatic rings. The summed E-state index contributed by atoms with van der Waals surface area (Å²) < 4.78 is 15.7. The monoisotopic (exact) mass is 1090 g/mol. The minimum atomic E-state index is -1.71. The molecule has 3 fully saturated rings. The first-order valence-corrected chi connectivity index (χ1v) is 25.5. The van der Waals surface area contributed by atoms with E-state index in [4.69, 9.17) is 0 Å². The van der Waals surface area contributed by atoms with Gasteiger partial charge < -0.3 is 20.6 Å². The van der Waals surface area contributed by atoms with Crippen LogP contribution in [0.3, 0.4) is 0 Å². The predicted molar refractivity (Wildman–Crippen MR) is 263 cm³/mol. The second-order valence-corrected chi connectivity index (χ2v) is 23.8. The Labute approximate surface area is 394 Å². The van der Waals surface area contributed by atoms with Crippen molar-refractivity contribution in [3.63, 3.8) is 0 Å². The van der Waals surface area contributed by atoms with Gasteiger partial charge in [0, 0.05) is 57.9 Å². The van der Waals surface area contributed by atoms with Crippen LogP contribution in [-0.2, 0) is 18.9 Å². The number of amides is 3. The van der Waals surface area contributed by atoms with Gasteiger partial charge in [-0.1, -0.05) is 38.9 Å². The van der Waals surface area contributed by atoms with E-state index in [1.165, 1.54) is 43.1 Å². The lowest BCUT2D eigenvalue weighted by Gasteiger charge is -2.37. The molecule has 2 atom stereocenters. The number of pyridine rings is 1. The third-order valence-electron chi connectivity index (χ3n) is 12.9. The molecule has 6 rings (SSSR count). The number of alkyl halides is 2. The highest BCUT2D eigenvalue weighted by Gasteiger charge is 2.32. The Bertz CT molecular complexity index is 2240. The van der Waals surface area contributed by atoms with Crippen LogP contribution in [0.4, 0.5) is 15.8 Å². The number of carbonyl (C=O) groups excluding carboxylic acids is 5. The van der Waals surface area contributed by atoms with Gasteiger partial charge in [-0.15, -0.1) is 0 Å². The minimum absolute atomic E-state index is 0.0420. The fourth-order valence-corrected chi connectivity index (χ4v) is 12.5.